The number of nitrogens with two attached hydrogens (primary N) is 2. The van der Waals surface area contributed by atoms with Crippen molar-refractivity contribution in [1.29, 1.82) is 0 Å². The lowest BCUT2D eigenvalue weighted by atomic mass is 10.1. The Kier molecular flexibility index (Phi) is 2.90. The van der Waals surface area contributed by atoms with Crippen molar-refractivity contribution >= 4 is 5.91 Å². The minimum absolute atomic E-state index is 0.521. The van der Waals surface area contributed by atoms with Crippen LogP contribution in [-0.2, 0) is 11.3 Å². The third kappa shape index (κ3) is 1.63. The lowest BCUT2D eigenvalue weighted by Crippen LogP contribution is -2.29. The van der Waals surface area contributed by atoms with Crippen molar-refractivity contribution in [3.63, 3.8) is 0 Å². The number of carbonyl (C=O) groups excluding carboxylic acids is 1. The Morgan fingerprint density at radius 2 is 2.14 bits per heavy atom. The highest BCUT2D eigenvalue weighted by atomic mass is 16.1. The number of aryl methyl sites for hydroxylation is 2. The summed E-state index contributed by atoms with van der Waals surface area (Å²) in [5, 5.41) is 4.26. The van der Waals surface area contributed by atoms with Crippen LogP contribution in [0.4, 0.5) is 0 Å². The second-order valence-corrected chi connectivity index (χ2v) is 3.28. The molecule has 0 aliphatic heterocycles. The Labute approximate surface area is 83.1 Å². The van der Waals surface area contributed by atoms with E-state index in [-0.39, 0.29) is 0 Å². The minimum atomic E-state index is -0.754. The Hall–Kier alpha value is -1.36. The fourth-order valence-electron chi connectivity index (χ4n) is 1.61. The number of rotatable bonds is 3. The Morgan fingerprint density at radius 1 is 1.57 bits per heavy atom. The van der Waals surface area contributed by atoms with Crippen LogP contribution < -0.4 is 11.5 Å². The van der Waals surface area contributed by atoms with E-state index in [1.165, 1.54) is 0 Å². The van der Waals surface area contributed by atoms with Gasteiger partial charge in [0.2, 0.25) is 5.91 Å². The first kappa shape index (κ1) is 10.7. The Balaban J connectivity index is 3.20. The summed E-state index contributed by atoms with van der Waals surface area (Å²) in [5.41, 5.74) is 13.3. The van der Waals surface area contributed by atoms with Crippen molar-refractivity contribution < 1.29 is 4.79 Å². The van der Waals surface area contributed by atoms with Gasteiger partial charge < -0.3 is 11.5 Å². The van der Waals surface area contributed by atoms with E-state index >= 15 is 0 Å². The second kappa shape index (κ2) is 3.79. The van der Waals surface area contributed by atoms with Crippen molar-refractivity contribution in [1.82, 2.24) is 9.78 Å². The van der Waals surface area contributed by atoms with E-state index in [1.54, 1.807) is 0 Å². The summed E-state index contributed by atoms with van der Waals surface area (Å²) < 4.78 is 1.81. The van der Waals surface area contributed by atoms with Crippen molar-refractivity contribution in [3.8, 4) is 0 Å². The first-order chi connectivity index (χ1) is 6.49. The maximum Gasteiger partial charge on any atom is 0.239 e. The van der Waals surface area contributed by atoms with Crippen LogP contribution in [0.3, 0.4) is 0 Å². The largest absolute Gasteiger partial charge is 0.368 e. The summed E-state index contributed by atoms with van der Waals surface area (Å²) in [4.78, 5) is 11.0. The molecule has 1 unspecified atom stereocenters. The van der Waals surface area contributed by atoms with Crippen molar-refractivity contribution in [2.45, 2.75) is 33.4 Å². The van der Waals surface area contributed by atoms with E-state index in [0.29, 0.717) is 0 Å². The van der Waals surface area contributed by atoms with E-state index in [9.17, 15) is 4.79 Å². The highest BCUT2D eigenvalue weighted by Crippen LogP contribution is 2.19. The SMILES string of the molecule is CCn1nc(C)c(C(N)C(N)=O)c1C. The van der Waals surface area contributed by atoms with E-state index in [0.717, 1.165) is 23.5 Å². The molecule has 0 aliphatic rings. The third-order valence-electron chi connectivity index (χ3n) is 2.35. The molecule has 1 rings (SSSR count). The topological polar surface area (TPSA) is 86.9 Å². The molecule has 0 aliphatic carbocycles. The second-order valence-electron chi connectivity index (χ2n) is 3.28. The van der Waals surface area contributed by atoms with Crippen molar-refractivity contribution in [2.24, 2.45) is 11.5 Å². The molecule has 1 heterocycles. The average Bonchev–Trinajstić information content (AvgIpc) is 2.40. The lowest BCUT2D eigenvalue weighted by Gasteiger charge is -2.08. The quantitative estimate of drug-likeness (QED) is 0.713. The van der Waals surface area contributed by atoms with Gasteiger partial charge in [0.1, 0.15) is 6.04 Å². The van der Waals surface area contributed by atoms with Crippen LogP contribution in [0.1, 0.15) is 29.9 Å². The first-order valence-electron chi connectivity index (χ1n) is 4.57. The van der Waals surface area contributed by atoms with Gasteiger partial charge >= 0.3 is 0 Å². The number of nitrogens with zero attached hydrogens (tertiary/aromatic N) is 2. The molecular weight excluding hydrogens is 180 g/mol. The van der Waals surface area contributed by atoms with Gasteiger partial charge in [-0.15, -0.1) is 0 Å². The molecule has 0 saturated carbocycles. The van der Waals surface area contributed by atoms with Gasteiger partial charge in [-0.2, -0.15) is 5.10 Å². The molecule has 0 spiro atoms. The maximum absolute atomic E-state index is 11.0. The zero-order valence-corrected chi connectivity index (χ0v) is 8.74. The minimum Gasteiger partial charge on any atom is -0.368 e. The van der Waals surface area contributed by atoms with E-state index in [1.807, 2.05) is 25.5 Å². The summed E-state index contributed by atoms with van der Waals surface area (Å²) in [6, 6.07) is -0.754. The number of aromatic nitrogens is 2. The van der Waals surface area contributed by atoms with Crippen LogP contribution in [0.2, 0.25) is 0 Å². The van der Waals surface area contributed by atoms with Crippen LogP contribution >= 0.6 is 0 Å². The van der Waals surface area contributed by atoms with E-state index in [4.69, 9.17) is 11.5 Å². The van der Waals surface area contributed by atoms with Gasteiger partial charge in [0, 0.05) is 17.8 Å². The molecule has 0 bridgehead atoms. The van der Waals surface area contributed by atoms with E-state index in [2.05, 4.69) is 5.10 Å². The Morgan fingerprint density at radius 3 is 2.50 bits per heavy atom. The average molecular weight is 196 g/mol. The van der Waals surface area contributed by atoms with Gasteiger partial charge in [0.15, 0.2) is 0 Å². The highest BCUT2D eigenvalue weighted by molar-refractivity contribution is 5.81. The standard InChI is InChI=1S/C9H16N4O/c1-4-13-6(3)7(5(2)12-13)8(10)9(11)14/h8H,4,10H2,1-3H3,(H2,11,14). The van der Waals surface area contributed by atoms with Gasteiger partial charge in [-0.25, -0.2) is 0 Å². The van der Waals surface area contributed by atoms with Crippen molar-refractivity contribution in [2.75, 3.05) is 0 Å². The summed E-state index contributed by atoms with van der Waals surface area (Å²) in [6.07, 6.45) is 0. The summed E-state index contributed by atoms with van der Waals surface area (Å²) in [5.74, 6) is -0.521. The van der Waals surface area contributed by atoms with Crippen LogP contribution in [0.25, 0.3) is 0 Å². The van der Waals surface area contributed by atoms with Gasteiger partial charge in [-0.1, -0.05) is 0 Å². The molecular formula is C9H16N4O. The predicted octanol–water partition coefficient (Wildman–Crippen LogP) is 0.00494. The molecule has 1 aromatic rings. The molecule has 0 aromatic carbocycles. The molecule has 0 radical (unpaired) electrons. The smallest absolute Gasteiger partial charge is 0.239 e. The fourth-order valence-corrected chi connectivity index (χ4v) is 1.61. The number of hydrogen-bond donors (Lipinski definition) is 2. The van der Waals surface area contributed by atoms with E-state index < -0.39 is 11.9 Å². The zero-order chi connectivity index (χ0) is 10.9. The number of hydrogen-bond acceptors (Lipinski definition) is 3. The van der Waals surface area contributed by atoms with Crippen LogP contribution in [0.5, 0.6) is 0 Å². The molecule has 78 valence electrons. The van der Waals surface area contributed by atoms with Gasteiger partial charge in [-0.05, 0) is 20.8 Å². The monoisotopic (exact) mass is 196 g/mol. The molecule has 14 heavy (non-hydrogen) atoms. The predicted molar refractivity (Wildman–Crippen MR) is 53.5 cm³/mol. The fraction of sp³-hybridized carbons (Fsp3) is 0.556. The zero-order valence-electron chi connectivity index (χ0n) is 8.74. The van der Waals surface area contributed by atoms with Crippen LogP contribution in [-0.4, -0.2) is 15.7 Å². The summed E-state index contributed by atoms with van der Waals surface area (Å²) >= 11 is 0. The van der Waals surface area contributed by atoms with Crippen LogP contribution in [0.15, 0.2) is 0 Å². The molecule has 0 saturated heterocycles. The highest BCUT2D eigenvalue weighted by Gasteiger charge is 2.21. The van der Waals surface area contributed by atoms with Gasteiger partial charge in [-0.3, -0.25) is 9.48 Å². The normalized spacial score (nSPS) is 12.9. The molecule has 5 nitrogen and oxygen atoms in total. The number of primary amides is 1. The molecule has 4 N–H and O–H groups in total. The summed E-state index contributed by atoms with van der Waals surface area (Å²) in [6.45, 7) is 6.47. The number of amides is 1. The molecule has 1 amide bonds. The first-order valence-corrected chi connectivity index (χ1v) is 4.57. The maximum atomic E-state index is 11.0. The molecule has 1 aromatic heterocycles. The number of carbonyl (C=O) groups is 1. The molecule has 0 fully saturated rings. The molecule has 5 heteroatoms. The molecule has 1 atom stereocenters. The third-order valence-corrected chi connectivity index (χ3v) is 2.35. The van der Waals surface area contributed by atoms with Gasteiger partial charge in [0.25, 0.3) is 0 Å². The van der Waals surface area contributed by atoms with Crippen molar-refractivity contribution in [3.05, 3.63) is 17.0 Å². The van der Waals surface area contributed by atoms with Crippen LogP contribution in [0, 0.1) is 13.8 Å². The Bertz CT molecular complexity index is 356. The lowest BCUT2D eigenvalue weighted by molar-refractivity contribution is -0.119. The van der Waals surface area contributed by atoms with Gasteiger partial charge in [0.05, 0.1) is 5.69 Å². The summed E-state index contributed by atoms with van der Waals surface area (Å²) in [7, 11) is 0.